The second kappa shape index (κ2) is 8.11. The Bertz CT molecular complexity index is 399. The molecule has 0 aliphatic heterocycles. The molecule has 0 atom stereocenters. The number of hydrogen-bond donors (Lipinski definition) is 2. The fraction of sp³-hybridized carbons (Fsp3) is 0.462. The van der Waals surface area contributed by atoms with Crippen molar-refractivity contribution in [1.82, 2.24) is 5.32 Å². The van der Waals surface area contributed by atoms with Gasteiger partial charge in [-0.05, 0) is 42.9 Å². The predicted molar refractivity (Wildman–Crippen MR) is 72.5 cm³/mol. The molecule has 100 valence electrons. The van der Waals surface area contributed by atoms with Gasteiger partial charge in [0.25, 0.3) is 5.91 Å². The van der Waals surface area contributed by atoms with Crippen molar-refractivity contribution >= 4 is 17.7 Å². The van der Waals surface area contributed by atoms with Crippen LogP contribution >= 0.6 is 11.8 Å². The minimum absolute atomic E-state index is 0.171. The first-order valence-electron chi connectivity index (χ1n) is 5.88. The smallest absolute Gasteiger partial charge is 0.251 e. The van der Waals surface area contributed by atoms with Crippen molar-refractivity contribution in [3.63, 3.8) is 0 Å². The number of aliphatic hydroxyl groups is 1. The fourth-order valence-corrected chi connectivity index (χ4v) is 2.27. The number of benzene rings is 1. The minimum Gasteiger partial charge on any atom is -0.396 e. The molecule has 0 unspecified atom stereocenters. The van der Waals surface area contributed by atoms with Gasteiger partial charge in [0.15, 0.2) is 0 Å². The minimum atomic E-state index is -0.330. The van der Waals surface area contributed by atoms with Gasteiger partial charge >= 0.3 is 0 Å². The summed E-state index contributed by atoms with van der Waals surface area (Å²) in [6.45, 7) is 2.49. The molecule has 0 heterocycles. The Morgan fingerprint density at radius 1 is 1.44 bits per heavy atom. The molecular weight excluding hydrogens is 253 g/mol. The van der Waals surface area contributed by atoms with Gasteiger partial charge in [-0.15, -0.1) is 0 Å². The average molecular weight is 271 g/mol. The van der Waals surface area contributed by atoms with E-state index in [2.05, 4.69) is 5.32 Å². The van der Waals surface area contributed by atoms with E-state index in [1.807, 2.05) is 0 Å². The lowest BCUT2D eigenvalue weighted by atomic mass is 10.1. The number of rotatable bonds is 7. The molecule has 0 bridgehead atoms. The SMILES string of the molecule is Cc1cc(F)ccc1C(=O)NCCSCCCO. The fourth-order valence-electron chi connectivity index (χ4n) is 1.48. The largest absolute Gasteiger partial charge is 0.396 e. The molecule has 1 rings (SSSR count). The number of nitrogens with one attached hydrogen (secondary N) is 1. The van der Waals surface area contributed by atoms with Gasteiger partial charge in [0.05, 0.1) is 0 Å². The molecule has 0 spiro atoms. The van der Waals surface area contributed by atoms with Crippen molar-refractivity contribution in [3.8, 4) is 0 Å². The number of aliphatic hydroxyl groups excluding tert-OH is 1. The van der Waals surface area contributed by atoms with E-state index < -0.39 is 0 Å². The zero-order valence-electron chi connectivity index (χ0n) is 10.4. The summed E-state index contributed by atoms with van der Waals surface area (Å²) in [5.74, 6) is 1.20. The van der Waals surface area contributed by atoms with Gasteiger partial charge < -0.3 is 10.4 Å². The Kier molecular flexibility index (Phi) is 6.75. The Hall–Kier alpha value is -1.07. The first kappa shape index (κ1) is 15.0. The van der Waals surface area contributed by atoms with Crippen LogP contribution in [0.1, 0.15) is 22.3 Å². The van der Waals surface area contributed by atoms with Crippen molar-refractivity contribution in [1.29, 1.82) is 0 Å². The summed E-state index contributed by atoms with van der Waals surface area (Å²) >= 11 is 1.69. The molecule has 0 saturated carbocycles. The van der Waals surface area contributed by atoms with Crippen LogP contribution in [-0.2, 0) is 0 Å². The molecule has 3 nitrogen and oxygen atoms in total. The van der Waals surface area contributed by atoms with Crippen LogP contribution in [0.25, 0.3) is 0 Å². The highest BCUT2D eigenvalue weighted by Gasteiger charge is 2.08. The summed E-state index contributed by atoms with van der Waals surface area (Å²) in [5.41, 5.74) is 1.15. The zero-order valence-corrected chi connectivity index (χ0v) is 11.2. The highest BCUT2D eigenvalue weighted by Crippen LogP contribution is 2.10. The molecule has 0 saturated heterocycles. The first-order valence-corrected chi connectivity index (χ1v) is 7.03. The molecular formula is C13H18FNO2S. The molecule has 0 fully saturated rings. The van der Waals surface area contributed by atoms with E-state index in [1.165, 1.54) is 18.2 Å². The average Bonchev–Trinajstić information content (AvgIpc) is 2.33. The van der Waals surface area contributed by atoms with E-state index in [-0.39, 0.29) is 18.3 Å². The third-order valence-corrected chi connectivity index (χ3v) is 3.48. The number of carbonyl (C=O) groups is 1. The summed E-state index contributed by atoms with van der Waals surface area (Å²) in [5, 5.41) is 11.4. The third-order valence-electron chi connectivity index (χ3n) is 2.41. The zero-order chi connectivity index (χ0) is 13.4. The topological polar surface area (TPSA) is 49.3 Å². The van der Waals surface area contributed by atoms with E-state index in [0.29, 0.717) is 17.7 Å². The van der Waals surface area contributed by atoms with Crippen LogP contribution in [0, 0.1) is 12.7 Å². The van der Waals surface area contributed by atoms with Gasteiger partial charge in [0, 0.05) is 24.5 Å². The van der Waals surface area contributed by atoms with Gasteiger partial charge in [0.2, 0.25) is 0 Å². The lowest BCUT2D eigenvalue weighted by molar-refractivity contribution is 0.0955. The molecule has 0 aromatic heterocycles. The standard InChI is InChI=1S/C13H18FNO2S/c1-10-9-11(14)3-4-12(10)13(17)15-5-8-18-7-2-6-16/h3-4,9,16H,2,5-8H2,1H3,(H,15,17). The number of amides is 1. The maximum atomic E-state index is 12.9. The Morgan fingerprint density at radius 2 is 2.22 bits per heavy atom. The van der Waals surface area contributed by atoms with Crippen molar-refractivity contribution in [2.24, 2.45) is 0 Å². The van der Waals surface area contributed by atoms with E-state index in [0.717, 1.165) is 17.9 Å². The van der Waals surface area contributed by atoms with Crippen LogP contribution in [0.5, 0.6) is 0 Å². The number of thioether (sulfide) groups is 1. The summed E-state index contributed by atoms with van der Waals surface area (Å²) in [6.07, 6.45) is 0.773. The summed E-state index contributed by atoms with van der Waals surface area (Å²) in [7, 11) is 0. The highest BCUT2D eigenvalue weighted by molar-refractivity contribution is 7.99. The van der Waals surface area contributed by atoms with Crippen molar-refractivity contribution in [2.75, 3.05) is 24.7 Å². The first-order chi connectivity index (χ1) is 8.65. The van der Waals surface area contributed by atoms with Crippen molar-refractivity contribution in [2.45, 2.75) is 13.3 Å². The maximum Gasteiger partial charge on any atom is 0.251 e. The lowest BCUT2D eigenvalue weighted by Crippen LogP contribution is -2.26. The van der Waals surface area contributed by atoms with Crippen LogP contribution in [0.4, 0.5) is 4.39 Å². The number of hydrogen-bond acceptors (Lipinski definition) is 3. The second-order valence-electron chi connectivity index (χ2n) is 3.90. The van der Waals surface area contributed by atoms with E-state index >= 15 is 0 Å². The molecule has 5 heteroatoms. The van der Waals surface area contributed by atoms with Crippen LogP contribution in [0.2, 0.25) is 0 Å². The number of aryl methyl sites for hydroxylation is 1. The maximum absolute atomic E-state index is 12.9. The molecule has 0 radical (unpaired) electrons. The molecule has 1 amide bonds. The third kappa shape index (κ3) is 5.06. The van der Waals surface area contributed by atoms with Crippen LogP contribution in [-0.4, -0.2) is 35.7 Å². The second-order valence-corrected chi connectivity index (χ2v) is 5.13. The van der Waals surface area contributed by atoms with Gasteiger partial charge in [0.1, 0.15) is 5.82 Å². The van der Waals surface area contributed by atoms with Crippen LogP contribution in [0.3, 0.4) is 0 Å². The Morgan fingerprint density at radius 3 is 2.89 bits per heavy atom. The summed E-state index contributed by atoms with van der Waals surface area (Å²) in [4.78, 5) is 11.8. The van der Waals surface area contributed by atoms with Gasteiger partial charge in [-0.3, -0.25) is 4.79 Å². The molecule has 0 aliphatic carbocycles. The normalized spacial score (nSPS) is 10.4. The van der Waals surface area contributed by atoms with Crippen LogP contribution < -0.4 is 5.32 Å². The highest BCUT2D eigenvalue weighted by atomic mass is 32.2. The van der Waals surface area contributed by atoms with Crippen LogP contribution in [0.15, 0.2) is 18.2 Å². The molecule has 0 aliphatic rings. The van der Waals surface area contributed by atoms with Gasteiger partial charge in [-0.2, -0.15) is 11.8 Å². The molecule has 1 aromatic rings. The van der Waals surface area contributed by atoms with Gasteiger partial charge in [-0.1, -0.05) is 0 Å². The number of halogens is 1. The van der Waals surface area contributed by atoms with E-state index in [9.17, 15) is 9.18 Å². The predicted octanol–water partition coefficient (Wildman–Crippen LogP) is 1.98. The Labute approximate surface area is 111 Å². The summed E-state index contributed by atoms with van der Waals surface area (Å²) < 4.78 is 12.9. The monoisotopic (exact) mass is 271 g/mol. The molecule has 1 aromatic carbocycles. The molecule has 2 N–H and O–H groups in total. The Balaban J connectivity index is 2.32. The number of carbonyl (C=O) groups excluding carboxylic acids is 1. The van der Waals surface area contributed by atoms with E-state index in [4.69, 9.17) is 5.11 Å². The van der Waals surface area contributed by atoms with E-state index in [1.54, 1.807) is 18.7 Å². The molecule has 18 heavy (non-hydrogen) atoms. The lowest BCUT2D eigenvalue weighted by Gasteiger charge is -2.07. The quantitative estimate of drug-likeness (QED) is 0.746. The summed E-state index contributed by atoms with van der Waals surface area (Å²) in [6, 6.07) is 4.14. The van der Waals surface area contributed by atoms with Crippen molar-refractivity contribution in [3.05, 3.63) is 35.1 Å². The van der Waals surface area contributed by atoms with Crippen molar-refractivity contribution < 1.29 is 14.3 Å². The van der Waals surface area contributed by atoms with Gasteiger partial charge in [-0.25, -0.2) is 4.39 Å².